The van der Waals surface area contributed by atoms with Crippen molar-refractivity contribution >= 4 is 10.1 Å². The van der Waals surface area contributed by atoms with Crippen LogP contribution in [0.2, 0.25) is 0 Å². The minimum absolute atomic E-state index is 0.0865. The minimum atomic E-state index is -3.97. The first-order valence-corrected chi connectivity index (χ1v) is 4.76. The summed E-state index contributed by atoms with van der Waals surface area (Å²) in [7, 11) is -3.97. The standard InChI is InChI=1S/C5H10F2O3S/c6-5(7)3-1-2-4-11(8,9)10/h5H,1-4H2,(H,8,9,10). The molecule has 0 radical (unpaired) electrons. The van der Waals surface area contributed by atoms with Crippen LogP contribution < -0.4 is 0 Å². The molecule has 0 spiro atoms. The van der Waals surface area contributed by atoms with E-state index < -0.39 is 22.3 Å². The van der Waals surface area contributed by atoms with Crippen LogP contribution in [0.4, 0.5) is 8.78 Å². The second-order valence-electron chi connectivity index (χ2n) is 2.17. The fourth-order valence-corrected chi connectivity index (χ4v) is 1.15. The lowest BCUT2D eigenvalue weighted by atomic mass is 10.3. The van der Waals surface area contributed by atoms with Gasteiger partial charge < -0.3 is 0 Å². The Labute approximate surface area is 64.2 Å². The normalized spacial score (nSPS) is 12.4. The average Bonchev–Trinajstić information content (AvgIpc) is 1.78. The maximum Gasteiger partial charge on any atom is 0.264 e. The third-order valence-electron chi connectivity index (χ3n) is 1.07. The number of unbranched alkanes of at least 4 members (excludes halogenated alkanes) is 1. The van der Waals surface area contributed by atoms with E-state index in [1.165, 1.54) is 0 Å². The van der Waals surface area contributed by atoms with Gasteiger partial charge in [-0.15, -0.1) is 0 Å². The Kier molecular flexibility index (Phi) is 4.51. The van der Waals surface area contributed by atoms with Gasteiger partial charge in [0.2, 0.25) is 6.43 Å². The van der Waals surface area contributed by atoms with Gasteiger partial charge in [0, 0.05) is 6.42 Å². The Bertz CT molecular complexity index is 188. The molecule has 3 nitrogen and oxygen atoms in total. The first-order chi connectivity index (χ1) is 4.92. The van der Waals surface area contributed by atoms with Crippen molar-refractivity contribution < 1.29 is 21.8 Å². The van der Waals surface area contributed by atoms with Gasteiger partial charge in [0.25, 0.3) is 10.1 Å². The Hall–Kier alpha value is -0.230. The molecule has 0 saturated carbocycles. The van der Waals surface area contributed by atoms with Crippen LogP contribution in [0.5, 0.6) is 0 Å². The van der Waals surface area contributed by atoms with Gasteiger partial charge in [-0.2, -0.15) is 8.42 Å². The van der Waals surface area contributed by atoms with Gasteiger partial charge >= 0.3 is 0 Å². The molecule has 11 heavy (non-hydrogen) atoms. The Morgan fingerprint density at radius 3 is 2.18 bits per heavy atom. The predicted molar refractivity (Wildman–Crippen MR) is 36.3 cm³/mol. The van der Waals surface area contributed by atoms with E-state index in [4.69, 9.17) is 4.55 Å². The molecule has 0 unspecified atom stereocenters. The van der Waals surface area contributed by atoms with Crippen molar-refractivity contribution in [2.24, 2.45) is 0 Å². The molecule has 0 aromatic rings. The van der Waals surface area contributed by atoms with Gasteiger partial charge in [0.05, 0.1) is 5.75 Å². The molecule has 0 amide bonds. The third-order valence-corrected chi connectivity index (χ3v) is 1.88. The van der Waals surface area contributed by atoms with E-state index in [2.05, 4.69) is 0 Å². The molecule has 0 heterocycles. The first-order valence-electron chi connectivity index (χ1n) is 3.15. The SMILES string of the molecule is O=S(=O)(O)CCCCC(F)F. The number of hydrogen-bond acceptors (Lipinski definition) is 2. The van der Waals surface area contributed by atoms with Crippen molar-refractivity contribution in [1.82, 2.24) is 0 Å². The van der Waals surface area contributed by atoms with Gasteiger partial charge in [-0.3, -0.25) is 4.55 Å². The Balaban J connectivity index is 3.30. The van der Waals surface area contributed by atoms with Crippen molar-refractivity contribution in [3.63, 3.8) is 0 Å². The molecule has 0 aliphatic carbocycles. The zero-order valence-electron chi connectivity index (χ0n) is 5.83. The highest BCUT2D eigenvalue weighted by atomic mass is 32.2. The molecule has 0 aliphatic rings. The summed E-state index contributed by atoms with van der Waals surface area (Å²) in [6.07, 6.45) is -2.49. The average molecular weight is 188 g/mol. The predicted octanol–water partition coefficient (Wildman–Crippen LogP) is 1.31. The smallest absolute Gasteiger partial charge is 0.264 e. The van der Waals surface area contributed by atoms with E-state index in [-0.39, 0.29) is 19.3 Å². The summed E-state index contributed by atoms with van der Waals surface area (Å²) in [5, 5.41) is 0. The highest BCUT2D eigenvalue weighted by molar-refractivity contribution is 7.85. The summed E-state index contributed by atoms with van der Waals surface area (Å²) in [4.78, 5) is 0. The van der Waals surface area contributed by atoms with Crippen LogP contribution in [0.15, 0.2) is 0 Å². The van der Waals surface area contributed by atoms with Crippen LogP contribution in [0, 0.1) is 0 Å². The molecule has 0 aliphatic heterocycles. The second-order valence-corrected chi connectivity index (χ2v) is 3.74. The van der Waals surface area contributed by atoms with Crippen molar-refractivity contribution in [1.29, 1.82) is 0 Å². The lowest BCUT2D eigenvalue weighted by Gasteiger charge is -1.97. The first kappa shape index (κ1) is 10.8. The fraction of sp³-hybridized carbons (Fsp3) is 1.00. The molecule has 0 bridgehead atoms. The van der Waals surface area contributed by atoms with Crippen LogP contribution >= 0.6 is 0 Å². The van der Waals surface area contributed by atoms with Crippen molar-refractivity contribution in [3.05, 3.63) is 0 Å². The van der Waals surface area contributed by atoms with E-state index in [0.29, 0.717) is 0 Å². The van der Waals surface area contributed by atoms with E-state index in [9.17, 15) is 17.2 Å². The molecule has 0 atom stereocenters. The van der Waals surface area contributed by atoms with Gasteiger partial charge in [0.1, 0.15) is 0 Å². The Morgan fingerprint density at radius 2 is 1.82 bits per heavy atom. The van der Waals surface area contributed by atoms with Crippen molar-refractivity contribution in [2.75, 3.05) is 5.75 Å². The van der Waals surface area contributed by atoms with Gasteiger partial charge in [0.15, 0.2) is 0 Å². The molecular formula is C5H10F2O3S. The van der Waals surface area contributed by atoms with Crippen molar-refractivity contribution in [3.8, 4) is 0 Å². The maximum absolute atomic E-state index is 11.4. The number of hydrogen-bond donors (Lipinski definition) is 1. The summed E-state index contributed by atoms with van der Waals surface area (Å²) in [6, 6.07) is 0. The molecule has 0 saturated heterocycles. The highest BCUT2D eigenvalue weighted by Crippen LogP contribution is 2.05. The van der Waals surface area contributed by atoms with Crippen LogP contribution in [-0.2, 0) is 10.1 Å². The lowest BCUT2D eigenvalue weighted by molar-refractivity contribution is 0.134. The van der Waals surface area contributed by atoms with Gasteiger partial charge in [-0.05, 0) is 12.8 Å². The van der Waals surface area contributed by atoms with Gasteiger partial charge in [-0.1, -0.05) is 0 Å². The summed E-state index contributed by atoms with van der Waals surface area (Å²) in [6.45, 7) is 0. The fourth-order valence-electron chi connectivity index (χ4n) is 0.583. The molecule has 0 fully saturated rings. The molecule has 1 N–H and O–H groups in total. The summed E-state index contributed by atoms with van der Waals surface area (Å²) in [5.74, 6) is -0.431. The van der Waals surface area contributed by atoms with Crippen molar-refractivity contribution in [2.45, 2.75) is 25.7 Å². The lowest BCUT2D eigenvalue weighted by Crippen LogP contribution is -2.04. The minimum Gasteiger partial charge on any atom is -0.286 e. The van der Waals surface area contributed by atoms with E-state index in [1.807, 2.05) is 0 Å². The number of halogens is 2. The molecule has 0 aromatic heterocycles. The van der Waals surface area contributed by atoms with Crippen LogP contribution in [0.3, 0.4) is 0 Å². The molecule has 68 valence electrons. The van der Waals surface area contributed by atoms with E-state index in [0.717, 1.165) is 0 Å². The monoisotopic (exact) mass is 188 g/mol. The largest absolute Gasteiger partial charge is 0.286 e. The van der Waals surface area contributed by atoms with Gasteiger partial charge in [-0.25, -0.2) is 8.78 Å². The molecule has 0 rings (SSSR count). The highest BCUT2D eigenvalue weighted by Gasteiger charge is 2.06. The summed E-state index contributed by atoms with van der Waals surface area (Å²) in [5.41, 5.74) is 0. The van der Waals surface area contributed by atoms with E-state index >= 15 is 0 Å². The molecule has 6 heteroatoms. The zero-order valence-corrected chi connectivity index (χ0v) is 6.65. The maximum atomic E-state index is 11.4. The quantitative estimate of drug-likeness (QED) is 0.522. The van der Waals surface area contributed by atoms with Crippen LogP contribution in [0.25, 0.3) is 0 Å². The third kappa shape index (κ3) is 9.77. The molecule has 0 aromatic carbocycles. The second kappa shape index (κ2) is 4.61. The topological polar surface area (TPSA) is 54.4 Å². The molecular weight excluding hydrogens is 178 g/mol. The van der Waals surface area contributed by atoms with Crippen LogP contribution in [0.1, 0.15) is 19.3 Å². The number of rotatable bonds is 5. The number of alkyl halides is 2. The van der Waals surface area contributed by atoms with Crippen LogP contribution in [-0.4, -0.2) is 25.1 Å². The zero-order chi connectivity index (χ0) is 8.91. The van der Waals surface area contributed by atoms with E-state index in [1.54, 1.807) is 0 Å². The summed E-state index contributed by atoms with van der Waals surface area (Å²) < 4.78 is 51.1. The Morgan fingerprint density at radius 1 is 1.27 bits per heavy atom. The summed E-state index contributed by atoms with van der Waals surface area (Å²) >= 11 is 0.